The normalized spacial score (nSPS) is 30.6. The van der Waals surface area contributed by atoms with Gasteiger partial charge in [-0.25, -0.2) is 4.79 Å². The molecule has 0 heterocycles. The first-order valence-corrected chi connectivity index (χ1v) is 10.0. The second kappa shape index (κ2) is 8.09. The zero-order valence-corrected chi connectivity index (χ0v) is 17.7. The highest BCUT2D eigenvalue weighted by Gasteiger charge is 2.64. The van der Waals surface area contributed by atoms with E-state index in [9.17, 15) is 19.2 Å². The van der Waals surface area contributed by atoms with Crippen LogP contribution in [0.4, 0.5) is 0 Å². The fourth-order valence-electron chi connectivity index (χ4n) is 4.21. The largest absolute Gasteiger partial charge is 0.467 e. The van der Waals surface area contributed by atoms with Gasteiger partial charge in [-0.05, 0) is 36.5 Å². The average Bonchev–Trinajstić information content (AvgIpc) is 3.53. The molecular weight excluding hydrogens is 362 g/mol. The predicted molar refractivity (Wildman–Crippen MR) is 103 cm³/mol. The van der Waals surface area contributed by atoms with E-state index >= 15 is 0 Å². The Labute approximate surface area is 166 Å². The predicted octanol–water partition coefficient (Wildman–Crippen LogP) is 0.747. The molecule has 4 unspecified atom stereocenters. The molecule has 0 aliphatic heterocycles. The number of methoxy groups -OCH3 is 1. The smallest absolute Gasteiger partial charge is 0.331 e. The van der Waals surface area contributed by atoms with Crippen molar-refractivity contribution in [1.82, 2.24) is 16.0 Å². The van der Waals surface area contributed by atoms with E-state index in [0.717, 1.165) is 0 Å². The summed E-state index contributed by atoms with van der Waals surface area (Å²) in [4.78, 5) is 49.2. The van der Waals surface area contributed by atoms with Crippen LogP contribution in [0.1, 0.15) is 53.9 Å². The van der Waals surface area contributed by atoms with Crippen molar-refractivity contribution in [2.75, 3.05) is 13.7 Å². The summed E-state index contributed by atoms with van der Waals surface area (Å²) >= 11 is 0. The number of carbonyl (C=O) groups excluding carboxylic acids is 4. The van der Waals surface area contributed by atoms with E-state index in [0.29, 0.717) is 19.3 Å². The van der Waals surface area contributed by atoms with Crippen LogP contribution in [0.5, 0.6) is 0 Å². The molecule has 8 nitrogen and oxygen atoms in total. The van der Waals surface area contributed by atoms with Crippen LogP contribution < -0.4 is 16.0 Å². The minimum atomic E-state index is -1.00. The van der Waals surface area contributed by atoms with E-state index in [4.69, 9.17) is 4.74 Å². The molecule has 0 aromatic rings. The van der Waals surface area contributed by atoms with Crippen molar-refractivity contribution >= 4 is 23.7 Å². The van der Waals surface area contributed by atoms with Crippen LogP contribution in [0.3, 0.4) is 0 Å². The van der Waals surface area contributed by atoms with Gasteiger partial charge in [-0.2, -0.15) is 0 Å². The summed E-state index contributed by atoms with van der Waals surface area (Å²) in [6.07, 6.45) is 1.38. The molecule has 2 rings (SSSR count). The Balaban J connectivity index is 1.97. The summed E-state index contributed by atoms with van der Waals surface area (Å²) in [6, 6.07) is 0. The quantitative estimate of drug-likeness (QED) is 0.499. The van der Waals surface area contributed by atoms with Crippen LogP contribution in [0.2, 0.25) is 0 Å². The molecule has 3 N–H and O–H groups in total. The Morgan fingerprint density at radius 1 is 0.929 bits per heavy atom. The van der Waals surface area contributed by atoms with Crippen molar-refractivity contribution in [2.24, 2.45) is 23.7 Å². The molecule has 2 aliphatic carbocycles. The molecule has 8 heteroatoms. The van der Waals surface area contributed by atoms with Gasteiger partial charge in [-0.15, -0.1) is 0 Å². The van der Waals surface area contributed by atoms with Gasteiger partial charge in [-0.3, -0.25) is 14.4 Å². The van der Waals surface area contributed by atoms with Gasteiger partial charge in [0, 0.05) is 6.42 Å². The second-order valence-corrected chi connectivity index (χ2v) is 8.68. The first-order valence-electron chi connectivity index (χ1n) is 10.0. The Hall–Kier alpha value is -2.12. The van der Waals surface area contributed by atoms with Gasteiger partial charge in [-0.1, -0.05) is 34.6 Å². The van der Waals surface area contributed by atoms with Gasteiger partial charge < -0.3 is 20.7 Å². The van der Waals surface area contributed by atoms with Crippen LogP contribution in [-0.2, 0) is 23.9 Å². The Morgan fingerprint density at radius 2 is 1.43 bits per heavy atom. The van der Waals surface area contributed by atoms with E-state index in [-0.39, 0.29) is 42.0 Å². The van der Waals surface area contributed by atoms with Crippen molar-refractivity contribution in [2.45, 2.75) is 65.0 Å². The fraction of sp³-hybridized carbons (Fsp3) is 0.800. The minimum absolute atomic E-state index is 0.0172. The summed E-state index contributed by atoms with van der Waals surface area (Å²) in [5.41, 5.74) is -1.94. The summed E-state index contributed by atoms with van der Waals surface area (Å²) in [7, 11) is 1.30. The third-order valence-corrected chi connectivity index (χ3v) is 6.05. The number of hydrogen-bond donors (Lipinski definition) is 3. The topological polar surface area (TPSA) is 114 Å². The van der Waals surface area contributed by atoms with Gasteiger partial charge in [0.05, 0.1) is 13.7 Å². The molecular formula is C20H33N3O5. The summed E-state index contributed by atoms with van der Waals surface area (Å²) in [6.45, 7) is 9.46. The summed E-state index contributed by atoms with van der Waals surface area (Å²) < 4.78 is 4.86. The summed E-state index contributed by atoms with van der Waals surface area (Å²) in [5, 5.41) is 8.21. The number of esters is 1. The number of ether oxygens (including phenoxy) is 1. The van der Waals surface area contributed by atoms with Gasteiger partial charge in [0.2, 0.25) is 17.7 Å². The zero-order valence-electron chi connectivity index (χ0n) is 17.7. The molecule has 0 aromatic heterocycles. The maximum absolute atomic E-state index is 12.7. The standard InChI is InChI=1S/C20H33N3O5/c1-7-15(24)22-19(8-13(19)11(2)3)17(26)21-10-16(25)23-20(18(27)28-6)9-14(20)12(4)5/h11-14H,7-10H2,1-6H3,(H,21,26)(H,22,24)(H,23,25). The molecule has 0 radical (unpaired) electrons. The summed E-state index contributed by atoms with van der Waals surface area (Å²) in [5.74, 6) is -0.931. The highest BCUT2D eigenvalue weighted by Crippen LogP contribution is 2.50. The van der Waals surface area contributed by atoms with Crippen molar-refractivity contribution in [3.63, 3.8) is 0 Å². The molecule has 2 fully saturated rings. The average molecular weight is 396 g/mol. The minimum Gasteiger partial charge on any atom is -0.467 e. The van der Waals surface area contributed by atoms with Crippen LogP contribution in [0.15, 0.2) is 0 Å². The molecule has 0 saturated heterocycles. The fourth-order valence-corrected chi connectivity index (χ4v) is 4.21. The van der Waals surface area contributed by atoms with Gasteiger partial charge in [0.25, 0.3) is 0 Å². The molecule has 28 heavy (non-hydrogen) atoms. The van der Waals surface area contributed by atoms with E-state index in [1.54, 1.807) is 6.92 Å². The highest BCUT2D eigenvalue weighted by atomic mass is 16.5. The van der Waals surface area contributed by atoms with Crippen molar-refractivity contribution in [1.29, 1.82) is 0 Å². The van der Waals surface area contributed by atoms with Crippen LogP contribution in [0, 0.1) is 23.7 Å². The SMILES string of the molecule is CCC(=O)NC1(C(=O)NCC(=O)NC2(C(=O)OC)CC2C(C)C)CC1C(C)C. The van der Waals surface area contributed by atoms with Gasteiger partial charge >= 0.3 is 5.97 Å². The third kappa shape index (κ3) is 4.15. The lowest BCUT2D eigenvalue weighted by molar-refractivity contribution is -0.147. The second-order valence-electron chi connectivity index (χ2n) is 8.68. The molecule has 158 valence electrons. The zero-order chi connectivity index (χ0) is 21.3. The van der Waals surface area contributed by atoms with Gasteiger partial charge in [0.15, 0.2) is 0 Å². The van der Waals surface area contributed by atoms with Crippen molar-refractivity contribution < 1.29 is 23.9 Å². The monoisotopic (exact) mass is 395 g/mol. The molecule has 2 saturated carbocycles. The first-order chi connectivity index (χ1) is 13.0. The lowest BCUT2D eigenvalue weighted by atomic mass is 10.0. The van der Waals surface area contributed by atoms with E-state index < -0.39 is 23.0 Å². The number of amides is 3. The maximum atomic E-state index is 12.7. The Bertz CT molecular complexity index is 662. The number of carbonyl (C=O) groups is 4. The van der Waals surface area contributed by atoms with Crippen molar-refractivity contribution in [3.8, 4) is 0 Å². The van der Waals surface area contributed by atoms with Gasteiger partial charge in [0.1, 0.15) is 11.1 Å². The third-order valence-electron chi connectivity index (χ3n) is 6.05. The number of rotatable bonds is 9. The Morgan fingerprint density at radius 3 is 1.86 bits per heavy atom. The van der Waals surface area contributed by atoms with E-state index in [2.05, 4.69) is 16.0 Å². The van der Waals surface area contributed by atoms with E-state index in [1.165, 1.54) is 7.11 Å². The molecule has 0 spiro atoms. The maximum Gasteiger partial charge on any atom is 0.331 e. The molecule has 0 aromatic carbocycles. The first kappa shape index (κ1) is 22.2. The lowest BCUT2D eigenvalue weighted by Crippen LogP contribution is -2.54. The Kier molecular flexibility index (Phi) is 6.41. The highest BCUT2D eigenvalue weighted by molar-refractivity contribution is 5.98. The molecule has 0 bridgehead atoms. The van der Waals surface area contributed by atoms with Crippen LogP contribution in [-0.4, -0.2) is 48.4 Å². The number of hydrogen-bond acceptors (Lipinski definition) is 5. The number of nitrogens with one attached hydrogen (secondary N) is 3. The lowest BCUT2D eigenvalue weighted by Gasteiger charge is -2.21. The van der Waals surface area contributed by atoms with E-state index in [1.807, 2.05) is 27.7 Å². The molecule has 2 aliphatic rings. The van der Waals surface area contributed by atoms with Crippen LogP contribution in [0.25, 0.3) is 0 Å². The molecule has 4 atom stereocenters. The molecule has 3 amide bonds. The van der Waals surface area contributed by atoms with Crippen molar-refractivity contribution in [3.05, 3.63) is 0 Å². The van der Waals surface area contributed by atoms with Crippen LogP contribution >= 0.6 is 0 Å².